The van der Waals surface area contributed by atoms with Gasteiger partial charge in [-0.1, -0.05) is 0 Å². The largest absolute Gasteiger partial charge is 0.353 e. The van der Waals surface area contributed by atoms with E-state index in [1.165, 1.54) is 5.06 Å². The molecule has 6 nitrogen and oxygen atoms in total. The van der Waals surface area contributed by atoms with Gasteiger partial charge in [-0.25, -0.2) is 0 Å². The highest BCUT2D eigenvalue weighted by Gasteiger charge is 2.18. The number of nitrogens with zero attached hydrogens (tertiary/aromatic N) is 2. The summed E-state index contributed by atoms with van der Waals surface area (Å²) in [7, 11) is 0. The molecule has 1 aromatic heterocycles. The van der Waals surface area contributed by atoms with Crippen molar-refractivity contribution in [2.45, 2.75) is 18.9 Å². The zero-order chi connectivity index (χ0) is 12.1. The Kier molecular flexibility index (Phi) is 3.89. The van der Waals surface area contributed by atoms with Crippen LogP contribution in [0.4, 0.5) is 5.69 Å². The Morgan fingerprint density at radius 2 is 2.24 bits per heavy atom. The fourth-order valence-electron chi connectivity index (χ4n) is 1.83. The number of aromatic nitrogens is 1. The Labute approximate surface area is 100 Å². The molecule has 1 fully saturated rings. The van der Waals surface area contributed by atoms with Crippen molar-refractivity contribution in [1.29, 1.82) is 5.41 Å². The van der Waals surface area contributed by atoms with Gasteiger partial charge in [0, 0.05) is 25.3 Å². The number of anilines is 1. The molecular formula is C11H17N5O. The lowest BCUT2D eigenvalue weighted by Crippen LogP contribution is -2.45. The van der Waals surface area contributed by atoms with E-state index >= 15 is 0 Å². The zero-order valence-electron chi connectivity index (χ0n) is 9.56. The first-order valence-corrected chi connectivity index (χ1v) is 5.70. The second kappa shape index (κ2) is 5.60. The van der Waals surface area contributed by atoms with Crippen LogP contribution in [0.1, 0.15) is 12.8 Å². The number of pyridine rings is 1. The molecule has 4 N–H and O–H groups in total. The van der Waals surface area contributed by atoms with Gasteiger partial charge in [0.15, 0.2) is 5.96 Å². The van der Waals surface area contributed by atoms with Gasteiger partial charge in [-0.05, 0) is 25.0 Å². The lowest BCUT2D eigenvalue weighted by Gasteiger charge is -2.28. The Morgan fingerprint density at radius 1 is 1.47 bits per heavy atom. The third-order valence-corrected chi connectivity index (χ3v) is 2.75. The summed E-state index contributed by atoms with van der Waals surface area (Å²) in [5.41, 5.74) is 0.796. The van der Waals surface area contributed by atoms with Gasteiger partial charge in [0.25, 0.3) is 0 Å². The summed E-state index contributed by atoms with van der Waals surface area (Å²) < 4.78 is 0. The highest BCUT2D eigenvalue weighted by atomic mass is 16.5. The summed E-state index contributed by atoms with van der Waals surface area (Å²) in [6.45, 7) is 1.30. The van der Waals surface area contributed by atoms with Crippen LogP contribution in [0.15, 0.2) is 24.5 Å². The van der Waals surface area contributed by atoms with Crippen LogP contribution in [0.25, 0.3) is 0 Å². The third-order valence-electron chi connectivity index (χ3n) is 2.75. The summed E-state index contributed by atoms with van der Waals surface area (Å²) in [6, 6.07) is 3.93. The van der Waals surface area contributed by atoms with Gasteiger partial charge >= 0.3 is 0 Å². The van der Waals surface area contributed by atoms with Gasteiger partial charge in [-0.3, -0.25) is 10.4 Å². The minimum atomic E-state index is 0.245. The number of piperidine rings is 1. The minimum absolute atomic E-state index is 0.245. The van der Waals surface area contributed by atoms with Crippen molar-refractivity contribution in [3.05, 3.63) is 24.5 Å². The van der Waals surface area contributed by atoms with Crippen molar-refractivity contribution in [3.8, 4) is 0 Å². The molecule has 2 rings (SSSR count). The van der Waals surface area contributed by atoms with E-state index < -0.39 is 0 Å². The standard InChI is InChI=1S/C11H17N5O/c12-11(15-10-2-1-5-13-8-10)14-9-3-6-16(17)7-4-9/h1-2,5,8-9,17H,3-4,6-7H2,(H3,12,14,15). The molecular weight excluding hydrogens is 218 g/mol. The van der Waals surface area contributed by atoms with E-state index in [-0.39, 0.29) is 12.0 Å². The second-order valence-corrected chi connectivity index (χ2v) is 4.11. The van der Waals surface area contributed by atoms with Crippen LogP contribution in [-0.4, -0.2) is 40.3 Å². The van der Waals surface area contributed by atoms with Crippen molar-refractivity contribution in [2.75, 3.05) is 18.4 Å². The van der Waals surface area contributed by atoms with Gasteiger partial charge in [-0.15, -0.1) is 0 Å². The number of rotatable bonds is 2. The molecule has 0 amide bonds. The fraction of sp³-hybridized carbons (Fsp3) is 0.455. The van der Waals surface area contributed by atoms with E-state index in [9.17, 15) is 5.21 Å². The molecule has 17 heavy (non-hydrogen) atoms. The number of hydroxylamine groups is 2. The van der Waals surface area contributed by atoms with E-state index in [0.717, 1.165) is 18.5 Å². The Balaban J connectivity index is 1.78. The highest BCUT2D eigenvalue weighted by molar-refractivity contribution is 5.91. The molecule has 1 saturated heterocycles. The normalized spacial score (nSPS) is 17.7. The molecule has 0 unspecified atom stereocenters. The summed E-state index contributed by atoms with van der Waals surface area (Å²) in [5, 5.41) is 24.4. The number of hydrogen-bond acceptors (Lipinski definition) is 4. The van der Waals surface area contributed by atoms with Crippen LogP contribution < -0.4 is 10.6 Å². The van der Waals surface area contributed by atoms with Crippen molar-refractivity contribution in [3.63, 3.8) is 0 Å². The Hall–Kier alpha value is -1.66. The molecule has 0 bridgehead atoms. The average molecular weight is 235 g/mol. The van der Waals surface area contributed by atoms with Gasteiger partial charge in [0.1, 0.15) is 0 Å². The maximum atomic E-state index is 9.22. The van der Waals surface area contributed by atoms with Crippen LogP contribution in [0, 0.1) is 5.41 Å². The summed E-state index contributed by atoms with van der Waals surface area (Å²) in [4.78, 5) is 3.97. The van der Waals surface area contributed by atoms with Crippen LogP contribution >= 0.6 is 0 Å². The maximum Gasteiger partial charge on any atom is 0.193 e. The molecule has 6 heteroatoms. The molecule has 0 radical (unpaired) electrons. The van der Waals surface area contributed by atoms with Crippen LogP contribution in [0.5, 0.6) is 0 Å². The van der Waals surface area contributed by atoms with E-state index in [1.807, 2.05) is 12.1 Å². The lowest BCUT2D eigenvalue weighted by atomic mass is 10.1. The molecule has 1 aliphatic rings. The molecule has 2 heterocycles. The summed E-state index contributed by atoms with van der Waals surface area (Å²) in [6.07, 6.45) is 5.05. The predicted molar refractivity (Wildman–Crippen MR) is 65.1 cm³/mol. The van der Waals surface area contributed by atoms with Crippen molar-refractivity contribution in [2.24, 2.45) is 0 Å². The van der Waals surface area contributed by atoms with Crippen molar-refractivity contribution in [1.82, 2.24) is 15.4 Å². The molecule has 1 aliphatic heterocycles. The van der Waals surface area contributed by atoms with Crippen molar-refractivity contribution < 1.29 is 5.21 Å². The lowest BCUT2D eigenvalue weighted by molar-refractivity contribution is -0.107. The molecule has 0 aromatic carbocycles. The number of nitrogens with one attached hydrogen (secondary N) is 3. The first-order valence-electron chi connectivity index (χ1n) is 5.70. The maximum absolute atomic E-state index is 9.22. The number of guanidine groups is 1. The van der Waals surface area contributed by atoms with Crippen molar-refractivity contribution >= 4 is 11.6 Å². The topological polar surface area (TPSA) is 84.3 Å². The quantitative estimate of drug-likeness (QED) is 0.451. The molecule has 0 atom stereocenters. The van der Waals surface area contributed by atoms with Crippen LogP contribution in [-0.2, 0) is 0 Å². The third kappa shape index (κ3) is 3.69. The SMILES string of the molecule is N=C(Nc1cccnc1)NC1CCN(O)CC1. The second-order valence-electron chi connectivity index (χ2n) is 4.11. The van der Waals surface area contributed by atoms with Gasteiger partial charge < -0.3 is 15.8 Å². The first kappa shape index (κ1) is 11.8. The molecule has 1 aromatic rings. The predicted octanol–water partition coefficient (Wildman–Crippen LogP) is 0.871. The molecule has 0 saturated carbocycles. The summed E-state index contributed by atoms with van der Waals surface area (Å²) >= 11 is 0. The highest BCUT2D eigenvalue weighted by Crippen LogP contribution is 2.08. The smallest absolute Gasteiger partial charge is 0.193 e. The molecule has 92 valence electrons. The summed E-state index contributed by atoms with van der Waals surface area (Å²) in [5.74, 6) is 0.273. The number of hydrogen-bond donors (Lipinski definition) is 4. The fourth-order valence-corrected chi connectivity index (χ4v) is 1.83. The van der Waals surface area contributed by atoms with E-state index in [0.29, 0.717) is 13.1 Å². The molecule has 0 spiro atoms. The van der Waals surface area contributed by atoms with Gasteiger partial charge in [-0.2, -0.15) is 5.06 Å². The molecule has 0 aliphatic carbocycles. The van der Waals surface area contributed by atoms with E-state index in [1.54, 1.807) is 12.4 Å². The van der Waals surface area contributed by atoms with Gasteiger partial charge in [0.2, 0.25) is 0 Å². The zero-order valence-corrected chi connectivity index (χ0v) is 9.56. The Bertz CT molecular complexity index is 361. The van der Waals surface area contributed by atoms with Crippen LogP contribution in [0.2, 0.25) is 0 Å². The van der Waals surface area contributed by atoms with Crippen LogP contribution in [0.3, 0.4) is 0 Å². The minimum Gasteiger partial charge on any atom is -0.353 e. The Morgan fingerprint density at radius 3 is 2.88 bits per heavy atom. The van der Waals surface area contributed by atoms with E-state index in [4.69, 9.17) is 5.41 Å². The van der Waals surface area contributed by atoms with E-state index in [2.05, 4.69) is 15.6 Å². The van der Waals surface area contributed by atoms with Gasteiger partial charge in [0.05, 0.1) is 11.9 Å². The average Bonchev–Trinajstić information content (AvgIpc) is 2.33. The first-order chi connectivity index (χ1) is 8.24. The monoisotopic (exact) mass is 235 g/mol.